The van der Waals surface area contributed by atoms with Crippen molar-refractivity contribution in [3.05, 3.63) is 77.3 Å². The molecule has 2 atom stereocenters. The Morgan fingerprint density at radius 1 is 1.20 bits per heavy atom. The van der Waals surface area contributed by atoms with Crippen molar-refractivity contribution in [1.82, 2.24) is 9.55 Å². The summed E-state index contributed by atoms with van der Waals surface area (Å²) >= 11 is 7.78. The molecule has 0 bridgehead atoms. The number of ether oxygens (including phenoxy) is 2. The molecule has 1 fully saturated rings. The van der Waals surface area contributed by atoms with Crippen LogP contribution in [0.4, 0.5) is 5.69 Å². The molecule has 0 amide bonds. The summed E-state index contributed by atoms with van der Waals surface area (Å²) in [5.41, 5.74) is 8.86. The standard InChI is InChI=1S/C23H26ClN3O2S/c1-17-12-26-16-27(17)15-23(11-10-18-2-4-19(24)5-3-18)28-13-21(29-23)14-30-22-8-6-20(25)7-9-22/h2-9,12,16,21H,10-11,13-15,25H2,1H3. The smallest absolute Gasteiger partial charge is 0.187 e. The van der Waals surface area contributed by atoms with E-state index in [4.69, 9.17) is 26.8 Å². The molecule has 1 saturated heterocycles. The third-order valence-corrected chi connectivity index (χ3v) is 6.67. The average Bonchev–Trinajstić information content (AvgIpc) is 3.34. The highest BCUT2D eigenvalue weighted by Crippen LogP contribution is 2.34. The van der Waals surface area contributed by atoms with Crippen molar-refractivity contribution in [2.75, 3.05) is 18.1 Å². The molecule has 1 aliphatic heterocycles. The molecule has 0 saturated carbocycles. The predicted octanol–water partition coefficient (Wildman–Crippen LogP) is 4.96. The van der Waals surface area contributed by atoms with Gasteiger partial charge in [-0.15, -0.1) is 11.8 Å². The molecule has 7 heteroatoms. The van der Waals surface area contributed by atoms with Crippen molar-refractivity contribution >= 4 is 29.1 Å². The summed E-state index contributed by atoms with van der Waals surface area (Å²) in [6, 6.07) is 15.9. The first kappa shape index (κ1) is 21.2. The summed E-state index contributed by atoms with van der Waals surface area (Å²) in [6.07, 6.45) is 5.33. The van der Waals surface area contributed by atoms with Gasteiger partial charge in [0.25, 0.3) is 0 Å². The van der Waals surface area contributed by atoms with Gasteiger partial charge in [0.1, 0.15) is 0 Å². The summed E-state index contributed by atoms with van der Waals surface area (Å²) in [5, 5.41) is 0.746. The number of nitrogens with two attached hydrogens (primary N) is 1. The van der Waals surface area contributed by atoms with Crippen LogP contribution in [0.1, 0.15) is 17.7 Å². The Labute approximate surface area is 186 Å². The van der Waals surface area contributed by atoms with Crippen molar-refractivity contribution in [3.63, 3.8) is 0 Å². The van der Waals surface area contributed by atoms with Gasteiger partial charge in [0.15, 0.2) is 5.79 Å². The first-order valence-electron chi connectivity index (χ1n) is 10.0. The molecule has 2 heterocycles. The quantitative estimate of drug-likeness (QED) is 0.393. The summed E-state index contributed by atoms with van der Waals surface area (Å²) in [5.74, 6) is 0.160. The van der Waals surface area contributed by atoms with Crippen molar-refractivity contribution in [3.8, 4) is 0 Å². The minimum absolute atomic E-state index is 0.0293. The van der Waals surface area contributed by atoms with Crippen LogP contribution in [-0.4, -0.2) is 33.8 Å². The van der Waals surface area contributed by atoms with E-state index in [1.165, 1.54) is 10.5 Å². The Morgan fingerprint density at radius 3 is 2.67 bits per heavy atom. The van der Waals surface area contributed by atoms with Crippen LogP contribution in [0.5, 0.6) is 0 Å². The van der Waals surface area contributed by atoms with Crippen LogP contribution in [0.15, 0.2) is 66.0 Å². The molecule has 0 spiro atoms. The molecular weight excluding hydrogens is 418 g/mol. The van der Waals surface area contributed by atoms with Gasteiger partial charge in [-0.05, 0) is 55.3 Å². The zero-order valence-electron chi connectivity index (χ0n) is 17.0. The summed E-state index contributed by atoms with van der Waals surface area (Å²) in [4.78, 5) is 5.43. The first-order chi connectivity index (χ1) is 14.5. The Balaban J connectivity index is 1.42. The lowest BCUT2D eigenvalue weighted by Crippen LogP contribution is -2.37. The molecule has 2 unspecified atom stereocenters. The third-order valence-electron chi connectivity index (χ3n) is 5.27. The van der Waals surface area contributed by atoms with E-state index in [-0.39, 0.29) is 6.10 Å². The molecule has 1 aliphatic rings. The highest BCUT2D eigenvalue weighted by Gasteiger charge is 2.41. The van der Waals surface area contributed by atoms with E-state index in [0.29, 0.717) is 13.2 Å². The van der Waals surface area contributed by atoms with Crippen LogP contribution < -0.4 is 5.73 Å². The Kier molecular flexibility index (Phi) is 6.68. The maximum absolute atomic E-state index is 6.53. The van der Waals surface area contributed by atoms with Crippen molar-refractivity contribution in [2.24, 2.45) is 0 Å². The van der Waals surface area contributed by atoms with E-state index in [1.807, 2.05) is 55.8 Å². The van der Waals surface area contributed by atoms with Crippen molar-refractivity contribution in [1.29, 1.82) is 0 Å². The second-order valence-corrected chi connectivity index (χ2v) is 9.16. The number of nitrogens with zero attached hydrogens (tertiary/aromatic N) is 2. The minimum atomic E-state index is -0.669. The van der Waals surface area contributed by atoms with Gasteiger partial charge in [-0.3, -0.25) is 0 Å². The SMILES string of the molecule is Cc1cncn1CC1(CCc2ccc(Cl)cc2)OCC(CSc2ccc(N)cc2)O1. The lowest BCUT2D eigenvalue weighted by molar-refractivity contribution is -0.180. The molecular formula is C23H26ClN3O2S. The molecule has 158 valence electrons. The number of rotatable bonds is 8. The normalized spacial score (nSPS) is 21.2. The summed E-state index contributed by atoms with van der Waals surface area (Å²) in [6.45, 7) is 3.25. The fourth-order valence-corrected chi connectivity index (χ4v) is 4.54. The van der Waals surface area contributed by atoms with E-state index in [2.05, 4.69) is 21.7 Å². The maximum atomic E-state index is 6.53. The predicted molar refractivity (Wildman–Crippen MR) is 122 cm³/mol. The molecule has 0 radical (unpaired) electrons. The highest BCUT2D eigenvalue weighted by molar-refractivity contribution is 7.99. The van der Waals surface area contributed by atoms with Crippen LogP contribution >= 0.6 is 23.4 Å². The number of hydrogen-bond donors (Lipinski definition) is 1. The van der Waals surface area contributed by atoms with Crippen molar-refractivity contribution in [2.45, 2.75) is 43.1 Å². The van der Waals surface area contributed by atoms with Gasteiger partial charge in [0.2, 0.25) is 0 Å². The third kappa shape index (κ3) is 5.38. The van der Waals surface area contributed by atoms with Gasteiger partial charge in [-0.1, -0.05) is 23.7 Å². The number of hydrogen-bond acceptors (Lipinski definition) is 5. The number of thioether (sulfide) groups is 1. The lowest BCUT2D eigenvalue weighted by atomic mass is 10.0. The Bertz CT molecular complexity index is 961. The zero-order valence-corrected chi connectivity index (χ0v) is 18.5. The topological polar surface area (TPSA) is 62.3 Å². The summed E-state index contributed by atoms with van der Waals surface area (Å²) in [7, 11) is 0. The number of aromatic nitrogens is 2. The van der Waals surface area contributed by atoms with Gasteiger partial charge in [0, 0.05) is 39.7 Å². The number of aryl methyl sites for hydroxylation is 2. The lowest BCUT2D eigenvalue weighted by Gasteiger charge is -2.29. The van der Waals surface area contributed by atoms with E-state index < -0.39 is 5.79 Å². The second-order valence-electron chi connectivity index (χ2n) is 7.63. The fraction of sp³-hybridized carbons (Fsp3) is 0.348. The highest BCUT2D eigenvalue weighted by atomic mass is 35.5. The molecule has 2 aromatic carbocycles. The van der Waals surface area contributed by atoms with Gasteiger partial charge in [0.05, 0.1) is 25.6 Å². The molecule has 0 aliphatic carbocycles. The van der Waals surface area contributed by atoms with Crippen LogP contribution in [0.25, 0.3) is 0 Å². The molecule has 5 nitrogen and oxygen atoms in total. The Hall–Kier alpha value is -1.99. The first-order valence-corrected chi connectivity index (χ1v) is 11.4. The van der Waals surface area contributed by atoms with Gasteiger partial charge >= 0.3 is 0 Å². The fourth-order valence-electron chi connectivity index (χ4n) is 3.54. The van der Waals surface area contributed by atoms with E-state index in [0.717, 1.165) is 35.0 Å². The Morgan fingerprint density at radius 2 is 1.97 bits per heavy atom. The van der Waals surface area contributed by atoms with Crippen LogP contribution in [0.2, 0.25) is 5.02 Å². The monoisotopic (exact) mass is 443 g/mol. The van der Waals surface area contributed by atoms with Crippen molar-refractivity contribution < 1.29 is 9.47 Å². The van der Waals surface area contributed by atoms with Crippen LogP contribution in [0, 0.1) is 6.92 Å². The molecule has 30 heavy (non-hydrogen) atoms. The van der Waals surface area contributed by atoms with Gasteiger partial charge in [-0.2, -0.15) is 0 Å². The average molecular weight is 444 g/mol. The molecule has 3 aromatic rings. The number of anilines is 1. The zero-order chi connectivity index (χ0) is 21.0. The largest absolute Gasteiger partial charge is 0.399 e. The van der Waals surface area contributed by atoms with E-state index in [9.17, 15) is 0 Å². The van der Waals surface area contributed by atoms with Gasteiger partial charge in [-0.25, -0.2) is 4.98 Å². The van der Waals surface area contributed by atoms with E-state index in [1.54, 1.807) is 11.8 Å². The maximum Gasteiger partial charge on any atom is 0.187 e. The number of benzene rings is 2. The molecule has 1 aromatic heterocycles. The number of imidazole rings is 1. The van der Waals surface area contributed by atoms with E-state index >= 15 is 0 Å². The second kappa shape index (κ2) is 9.43. The van der Waals surface area contributed by atoms with Crippen LogP contribution in [-0.2, 0) is 22.4 Å². The number of halogens is 1. The number of nitrogen functional groups attached to an aromatic ring is 1. The van der Waals surface area contributed by atoms with Gasteiger partial charge < -0.3 is 19.8 Å². The molecule has 2 N–H and O–H groups in total. The van der Waals surface area contributed by atoms with Crippen LogP contribution in [0.3, 0.4) is 0 Å². The molecule has 4 rings (SSSR count). The summed E-state index contributed by atoms with van der Waals surface area (Å²) < 4.78 is 14.9. The minimum Gasteiger partial charge on any atom is -0.399 e.